The second kappa shape index (κ2) is 7.13. The van der Waals surface area contributed by atoms with Crippen LogP contribution in [0.15, 0.2) is 36.9 Å². The maximum Gasteiger partial charge on any atom is 0.173 e. The Morgan fingerprint density at radius 1 is 1.26 bits per heavy atom. The molecule has 2 heteroatoms. The van der Waals surface area contributed by atoms with Gasteiger partial charge in [-0.1, -0.05) is 43.5 Å². The molecule has 0 aliphatic heterocycles. The minimum atomic E-state index is 0.207. The zero-order valence-electron chi connectivity index (χ0n) is 11.4. The lowest BCUT2D eigenvalue weighted by atomic mass is 9.86. The topological polar surface area (TPSA) is 26.3 Å². The van der Waals surface area contributed by atoms with Crippen LogP contribution in [-0.4, -0.2) is 12.4 Å². The normalized spacial score (nSPS) is 16.0. The van der Waals surface area contributed by atoms with Crippen LogP contribution in [0.4, 0.5) is 0 Å². The first-order valence-electron chi connectivity index (χ1n) is 7.15. The number of carbonyl (C=O) groups is 1. The second-order valence-electron chi connectivity index (χ2n) is 5.19. The van der Waals surface area contributed by atoms with E-state index in [0.29, 0.717) is 0 Å². The molecule has 0 bridgehead atoms. The zero-order valence-corrected chi connectivity index (χ0v) is 11.4. The number of ether oxygens (including phenoxy) is 1. The van der Waals surface area contributed by atoms with E-state index in [-0.39, 0.29) is 18.3 Å². The Labute approximate surface area is 115 Å². The third-order valence-electron chi connectivity index (χ3n) is 3.77. The summed E-state index contributed by atoms with van der Waals surface area (Å²) in [6.45, 7) is 3.95. The number of Topliss-reactive ketones (excluding diaryl/α,β-unsaturated/α-hetero) is 1. The average Bonchev–Trinajstić information content (AvgIpc) is 2.47. The molecule has 0 aromatic heterocycles. The van der Waals surface area contributed by atoms with Crippen LogP contribution in [-0.2, 0) is 11.2 Å². The maximum absolute atomic E-state index is 12.1. The van der Waals surface area contributed by atoms with Crippen molar-refractivity contribution in [2.75, 3.05) is 6.61 Å². The van der Waals surface area contributed by atoms with Gasteiger partial charge in [0.25, 0.3) is 0 Å². The van der Waals surface area contributed by atoms with E-state index in [0.717, 1.165) is 30.6 Å². The molecular formula is C17H22O2. The van der Waals surface area contributed by atoms with Gasteiger partial charge >= 0.3 is 0 Å². The van der Waals surface area contributed by atoms with Gasteiger partial charge in [0.05, 0.1) is 0 Å². The molecule has 0 spiro atoms. The molecule has 0 saturated heterocycles. The SMILES string of the molecule is C=CCc1ccccc1OCC(=O)C1CCCCC1. The third-order valence-corrected chi connectivity index (χ3v) is 3.77. The highest BCUT2D eigenvalue weighted by Crippen LogP contribution is 2.25. The van der Waals surface area contributed by atoms with E-state index < -0.39 is 0 Å². The Kier molecular flexibility index (Phi) is 5.20. The third kappa shape index (κ3) is 3.95. The molecule has 0 radical (unpaired) electrons. The zero-order chi connectivity index (χ0) is 13.5. The van der Waals surface area contributed by atoms with Crippen LogP contribution in [0.3, 0.4) is 0 Å². The van der Waals surface area contributed by atoms with Gasteiger partial charge in [-0.2, -0.15) is 0 Å². The number of hydrogen-bond acceptors (Lipinski definition) is 2. The molecule has 1 aliphatic carbocycles. The minimum Gasteiger partial charge on any atom is -0.486 e. The summed E-state index contributed by atoms with van der Waals surface area (Å²) in [4.78, 5) is 12.1. The van der Waals surface area contributed by atoms with Gasteiger partial charge in [-0.15, -0.1) is 6.58 Å². The molecule has 1 aromatic carbocycles. The van der Waals surface area contributed by atoms with Gasteiger partial charge in [-0.05, 0) is 30.9 Å². The highest BCUT2D eigenvalue weighted by Gasteiger charge is 2.21. The van der Waals surface area contributed by atoms with E-state index >= 15 is 0 Å². The molecule has 2 nitrogen and oxygen atoms in total. The highest BCUT2D eigenvalue weighted by molar-refractivity contribution is 5.82. The summed E-state index contributed by atoms with van der Waals surface area (Å²) in [5, 5.41) is 0. The van der Waals surface area contributed by atoms with Gasteiger partial charge < -0.3 is 4.74 Å². The van der Waals surface area contributed by atoms with Crippen LogP contribution in [0.5, 0.6) is 5.75 Å². The van der Waals surface area contributed by atoms with Crippen molar-refractivity contribution >= 4 is 5.78 Å². The summed E-state index contributed by atoms with van der Waals surface area (Å²) in [5.41, 5.74) is 1.09. The minimum absolute atomic E-state index is 0.207. The van der Waals surface area contributed by atoms with Gasteiger partial charge in [0.1, 0.15) is 12.4 Å². The number of hydrogen-bond donors (Lipinski definition) is 0. The molecule has 1 fully saturated rings. The molecule has 0 amide bonds. The summed E-state index contributed by atoms with van der Waals surface area (Å²) in [7, 11) is 0. The average molecular weight is 258 g/mol. The number of benzene rings is 1. The summed E-state index contributed by atoms with van der Waals surface area (Å²) in [6, 6.07) is 7.86. The number of allylic oxidation sites excluding steroid dienone is 1. The van der Waals surface area contributed by atoms with Crippen LogP contribution in [0.25, 0.3) is 0 Å². The fourth-order valence-electron chi connectivity index (χ4n) is 2.66. The van der Waals surface area contributed by atoms with Crippen molar-refractivity contribution in [2.45, 2.75) is 38.5 Å². The van der Waals surface area contributed by atoms with Crippen molar-refractivity contribution in [3.63, 3.8) is 0 Å². The fraction of sp³-hybridized carbons (Fsp3) is 0.471. The summed E-state index contributed by atoms with van der Waals surface area (Å²) in [5.74, 6) is 1.29. The van der Waals surface area contributed by atoms with Crippen molar-refractivity contribution in [3.8, 4) is 5.75 Å². The lowest BCUT2D eigenvalue weighted by molar-refractivity contribution is -0.125. The Morgan fingerprint density at radius 2 is 2.00 bits per heavy atom. The summed E-state index contributed by atoms with van der Waals surface area (Å²) >= 11 is 0. The molecule has 19 heavy (non-hydrogen) atoms. The summed E-state index contributed by atoms with van der Waals surface area (Å²) in [6.07, 6.45) is 8.34. The highest BCUT2D eigenvalue weighted by atomic mass is 16.5. The van der Waals surface area contributed by atoms with E-state index in [1.54, 1.807) is 0 Å². The molecular weight excluding hydrogens is 236 g/mol. The van der Waals surface area contributed by atoms with Crippen LogP contribution in [0.1, 0.15) is 37.7 Å². The van der Waals surface area contributed by atoms with E-state index in [1.807, 2.05) is 30.3 Å². The molecule has 0 atom stereocenters. The van der Waals surface area contributed by atoms with Gasteiger partial charge in [-0.3, -0.25) is 4.79 Å². The maximum atomic E-state index is 12.1. The predicted octanol–water partition coefficient (Wildman–Crippen LogP) is 3.94. The molecule has 102 valence electrons. The van der Waals surface area contributed by atoms with Crippen molar-refractivity contribution in [2.24, 2.45) is 5.92 Å². The predicted molar refractivity (Wildman–Crippen MR) is 77.4 cm³/mol. The number of rotatable bonds is 6. The monoisotopic (exact) mass is 258 g/mol. The number of carbonyl (C=O) groups excluding carboxylic acids is 1. The smallest absolute Gasteiger partial charge is 0.173 e. The molecule has 1 aromatic rings. The standard InChI is InChI=1S/C17H22O2/c1-2-8-15-11-6-7-12-17(15)19-13-16(18)14-9-4-3-5-10-14/h2,6-7,11-12,14H,1,3-5,8-10,13H2. The molecule has 1 saturated carbocycles. The van der Waals surface area contributed by atoms with Crippen molar-refractivity contribution in [1.82, 2.24) is 0 Å². The largest absolute Gasteiger partial charge is 0.486 e. The summed E-state index contributed by atoms with van der Waals surface area (Å²) < 4.78 is 5.71. The Morgan fingerprint density at radius 3 is 2.74 bits per heavy atom. The Balaban J connectivity index is 1.90. The van der Waals surface area contributed by atoms with Crippen molar-refractivity contribution < 1.29 is 9.53 Å². The van der Waals surface area contributed by atoms with Gasteiger partial charge in [-0.25, -0.2) is 0 Å². The second-order valence-corrected chi connectivity index (χ2v) is 5.19. The van der Waals surface area contributed by atoms with Gasteiger partial charge in [0, 0.05) is 5.92 Å². The van der Waals surface area contributed by atoms with Crippen LogP contribution in [0, 0.1) is 5.92 Å². The first kappa shape index (κ1) is 13.9. The van der Waals surface area contributed by atoms with Crippen molar-refractivity contribution in [1.29, 1.82) is 0 Å². The molecule has 2 rings (SSSR count). The quantitative estimate of drug-likeness (QED) is 0.722. The molecule has 0 heterocycles. The molecule has 0 N–H and O–H groups in total. The fourth-order valence-corrected chi connectivity index (χ4v) is 2.66. The lowest BCUT2D eigenvalue weighted by Crippen LogP contribution is -2.23. The first-order chi connectivity index (χ1) is 9.31. The van der Waals surface area contributed by atoms with E-state index in [9.17, 15) is 4.79 Å². The Bertz CT molecular complexity index is 431. The van der Waals surface area contributed by atoms with E-state index in [4.69, 9.17) is 4.74 Å². The van der Waals surface area contributed by atoms with E-state index in [1.165, 1.54) is 19.3 Å². The number of para-hydroxylation sites is 1. The molecule has 0 unspecified atom stereocenters. The Hall–Kier alpha value is -1.57. The van der Waals surface area contributed by atoms with Crippen molar-refractivity contribution in [3.05, 3.63) is 42.5 Å². The lowest BCUT2D eigenvalue weighted by Gasteiger charge is -2.20. The van der Waals surface area contributed by atoms with Crippen LogP contribution < -0.4 is 4.74 Å². The number of ketones is 1. The van der Waals surface area contributed by atoms with Crippen LogP contribution in [0.2, 0.25) is 0 Å². The van der Waals surface area contributed by atoms with Gasteiger partial charge in [0.2, 0.25) is 0 Å². The van der Waals surface area contributed by atoms with Gasteiger partial charge in [0.15, 0.2) is 5.78 Å². The first-order valence-corrected chi connectivity index (χ1v) is 7.15. The van der Waals surface area contributed by atoms with E-state index in [2.05, 4.69) is 6.58 Å². The molecule has 1 aliphatic rings. The van der Waals surface area contributed by atoms with Crippen LogP contribution >= 0.6 is 0 Å².